The van der Waals surface area contributed by atoms with Gasteiger partial charge in [-0.2, -0.15) is 0 Å². The Morgan fingerprint density at radius 1 is 1.11 bits per heavy atom. The molecule has 0 atom stereocenters. The lowest BCUT2D eigenvalue weighted by Gasteiger charge is -2.23. The van der Waals surface area contributed by atoms with Crippen molar-refractivity contribution >= 4 is 28.3 Å². The molecule has 0 aliphatic carbocycles. The van der Waals surface area contributed by atoms with E-state index in [0.29, 0.717) is 17.4 Å². The molecule has 0 N–H and O–H groups in total. The Balaban J connectivity index is 1.33. The average molecular weight is 472 g/mol. The maximum atomic E-state index is 12.9. The molecule has 5 rings (SSSR count). The minimum Gasteiger partial charge on any atom is -0.454 e. The summed E-state index contributed by atoms with van der Waals surface area (Å²) in [7, 11) is 1.93. The first-order valence-corrected chi connectivity index (χ1v) is 12.1. The number of allylic oxidation sites excluding steroid dienone is 1. The largest absolute Gasteiger partial charge is 0.454 e. The van der Waals surface area contributed by atoms with Crippen molar-refractivity contribution in [3.8, 4) is 0 Å². The molecule has 35 heavy (non-hydrogen) atoms. The lowest BCUT2D eigenvalue weighted by Crippen LogP contribution is -2.25. The van der Waals surface area contributed by atoms with Crippen LogP contribution in [-0.4, -0.2) is 35.0 Å². The van der Waals surface area contributed by atoms with Gasteiger partial charge in [-0.15, -0.1) is 0 Å². The van der Waals surface area contributed by atoms with Crippen LogP contribution in [0.1, 0.15) is 54.9 Å². The SMILES string of the molecule is CN1C(=CC(=O)COC(=O)c2ccc3c(=O)n4c(nc3c2)CCCCC4)C(C)(C)c2ccccc21. The molecule has 1 aromatic heterocycles. The van der Waals surface area contributed by atoms with Gasteiger partial charge in [-0.1, -0.05) is 38.5 Å². The van der Waals surface area contributed by atoms with E-state index in [1.807, 2.05) is 30.1 Å². The fourth-order valence-electron chi connectivity index (χ4n) is 5.22. The van der Waals surface area contributed by atoms with E-state index in [2.05, 4.69) is 24.9 Å². The van der Waals surface area contributed by atoms with Gasteiger partial charge in [0.2, 0.25) is 0 Å². The monoisotopic (exact) mass is 471 g/mol. The van der Waals surface area contributed by atoms with Crippen molar-refractivity contribution in [3.05, 3.63) is 81.5 Å². The number of para-hydroxylation sites is 1. The molecule has 2 aliphatic rings. The van der Waals surface area contributed by atoms with Crippen molar-refractivity contribution in [2.24, 2.45) is 0 Å². The first kappa shape index (κ1) is 23.0. The summed E-state index contributed by atoms with van der Waals surface area (Å²) in [6.45, 7) is 4.47. The van der Waals surface area contributed by atoms with Crippen LogP contribution in [0, 0.1) is 0 Å². The first-order valence-electron chi connectivity index (χ1n) is 12.1. The summed E-state index contributed by atoms with van der Waals surface area (Å²) in [6.07, 6.45) is 5.34. The number of benzene rings is 2. The number of nitrogens with zero attached hydrogens (tertiary/aromatic N) is 3. The minimum atomic E-state index is -0.613. The summed E-state index contributed by atoms with van der Waals surface area (Å²) in [5.74, 6) is -0.141. The van der Waals surface area contributed by atoms with E-state index in [9.17, 15) is 14.4 Å². The highest BCUT2D eigenvalue weighted by Crippen LogP contribution is 2.46. The highest BCUT2D eigenvalue weighted by atomic mass is 16.5. The number of aryl methyl sites for hydroxylation is 1. The van der Waals surface area contributed by atoms with Crippen molar-refractivity contribution in [2.45, 2.75) is 51.5 Å². The van der Waals surface area contributed by atoms with Crippen LogP contribution in [0.15, 0.2) is 59.0 Å². The Bertz CT molecular complexity index is 1430. The number of carbonyl (C=O) groups excluding carboxylic acids is 2. The minimum absolute atomic E-state index is 0.0714. The molecule has 0 unspecified atom stereocenters. The molecule has 2 aliphatic heterocycles. The molecule has 3 heterocycles. The number of carbonyl (C=O) groups is 2. The molecule has 7 heteroatoms. The normalized spacial score (nSPS) is 17.7. The molecule has 2 aromatic carbocycles. The number of esters is 1. The van der Waals surface area contributed by atoms with Crippen LogP contribution in [0.4, 0.5) is 5.69 Å². The molecule has 0 saturated heterocycles. The number of aromatic nitrogens is 2. The summed E-state index contributed by atoms with van der Waals surface area (Å²) in [4.78, 5) is 45.0. The van der Waals surface area contributed by atoms with Gasteiger partial charge in [-0.3, -0.25) is 14.2 Å². The second-order valence-electron chi connectivity index (χ2n) is 9.80. The highest BCUT2D eigenvalue weighted by Gasteiger charge is 2.38. The van der Waals surface area contributed by atoms with Crippen LogP contribution in [0.2, 0.25) is 0 Å². The standard InChI is InChI=1S/C28H29N3O4/c1-28(2)21-9-6-7-10-23(21)30(3)24(28)16-19(32)17-35-27(34)18-12-13-20-22(15-18)29-25-11-5-4-8-14-31(25)26(20)33/h6-7,9-10,12-13,15-16H,4-5,8,11,14,17H2,1-3H3. The van der Waals surface area contributed by atoms with Gasteiger partial charge in [0, 0.05) is 42.9 Å². The fraction of sp³-hybridized carbons (Fsp3) is 0.357. The Morgan fingerprint density at radius 2 is 1.91 bits per heavy atom. The number of ether oxygens (including phenoxy) is 1. The maximum absolute atomic E-state index is 12.9. The van der Waals surface area contributed by atoms with Gasteiger partial charge in [-0.05, 0) is 42.7 Å². The number of ketones is 1. The van der Waals surface area contributed by atoms with Gasteiger partial charge in [0.05, 0.1) is 16.5 Å². The lowest BCUT2D eigenvalue weighted by molar-refractivity contribution is -0.117. The number of anilines is 1. The third-order valence-electron chi connectivity index (χ3n) is 7.14. The van der Waals surface area contributed by atoms with Crippen molar-refractivity contribution in [1.82, 2.24) is 9.55 Å². The maximum Gasteiger partial charge on any atom is 0.338 e. The topological polar surface area (TPSA) is 81.5 Å². The quantitative estimate of drug-likeness (QED) is 0.420. The van der Waals surface area contributed by atoms with Crippen molar-refractivity contribution in [2.75, 3.05) is 18.6 Å². The molecule has 0 bridgehead atoms. The summed E-state index contributed by atoms with van der Waals surface area (Å²) < 4.78 is 7.08. The van der Waals surface area contributed by atoms with E-state index in [1.54, 1.807) is 28.8 Å². The summed E-state index contributed by atoms with van der Waals surface area (Å²) in [5.41, 5.74) is 3.42. The van der Waals surface area contributed by atoms with Crippen LogP contribution in [0.5, 0.6) is 0 Å². The molecule has 0 fully saturated rings. The predicted molar refractivity (Wildman–Crippen MR) is 135 cm³/mol. The van der Waals surface area contributed by atoms with Gasteiger partial charge in [0.25, 0.3) is 5.56 Å². The lowest BCUT2D eigenvalue weighted by atomic mass is 9.83. The zero-order valence-electron chi connectivity index (χ0n) is 20.3. The zero-order chi connectivity index (χ0) is 24.7. The van der Waals surface area contributed by atoms with Gasteiger partial charge in [-0.25, -0.2) is 9.78 Å². The average Bonchev–Trinajstić information content (AvgIpc) is 3.00. The molecule has 3 aromatic rings. The molecule has 0 saturated carbocycles. The third kappa shape index (κ3) is 4.05. The number of hydrogen-bond donors (Lipinski definition) is 0. The Labute approximate surface area is 204 Å². The summed E-state index contributed by atoms with van der Waals surface area (Å²) >= 11 is 0. The Morgan fingerprint density at radius 3 is 2.71 bits per heavy atom. The molecule has 7 nitrogen and oxygen atoms in total. The predicted octanol–water partition coefficient (Wildman–Crippen LogP) is 4.16. The first-order chi connectivity index (χ1) is 16.8. The highest BCUT2D eigenvalue weighted by molar-refractivity contribution is 5.98. The van der Waals surface area contributed by atoms with Crippen LogP contribution in [0.25, 0.3) is 10.9 Å². The molecular weight excluding hydrogens is 442 g/mol. The summed E-state index contributed by atoms with van der Waals surface area (Å²) in [5, 5.41) is 0.485. The van der Waals surface area contributed by atoms with E-state index in [0.717, 1.165) is 48.5 Å². The van der Waals surface area contributed by atoms with E-state index in [1.165, 1.54) is 0 Å². The van der Waals surface area contributed by atoms with Gasteiger partial charge >= 0.3 is 5.97 Å². The van der Waals surface area contributed by atoms with Crippen LogP contribution >= 0.6 is 0 Å². The molecule has 0 amide bonds. The number of rotatable bonds is 4. The molecule has 0 spiro atoms. The number of hydrogen-bond acceptors (Lipinski definition) is 6. The summed E-state index contributed by atoms with van der Waals surface area (Å²) in [6, 6.07) is 12.8. The van der Waals surface area contributed by atoms with Gasteiger partial charge < -0.3 is 9.64 Å². The van der Waals surface area contributed by atoms with Crippen molar-refractivity contribution in [1.29, 1.82) is 0 Å². The van der Waals surface area contributed by atoms with E-state index in [-0.39, 0.29) is 28.9 Å². The van der Waals surface area contributed by atoms with Gasteiger partial charge in [0.1, 0.15) is 5.82 Å². The number of likely N-dealkylation sites (N-methyl/N-ethyl adjacent to an activating group) is 1. The van der Waals surface area contributed by atoms with E-state index in [4.69, 9.17) is 4.74 Å². The van der Waals surface area contributed by atoms with Crippen molar-refractivity contribution < 1.29 is 14.3 Å². The second-order valence-corrected chi connectivity index (χ2v) is 9.80. The zero-order valence-corrected chi connectivity index (χ0v) is 20.3. The van der Waals surface area contributed by atoms with Crippen LogP contribution in [-0.2, 0) is 27.9 Å². The second kappa shape index (κ2) is 8.80. The van der Waals surface area contributed by atoms with E-state index >= 15 is 0 Å². The molecule has 180 valence electrons. The molecule has 0 radical (unpaired) electrons. The van der Waals surface area contributed by atoms with Crippen LogP contribution in [0.3, 0.4) is 0 Å². The number of fused-ring (bicyclic) bond motifs is 3. The van der Waals surface area contributed by atoms with Crippen LogP contribution < -0.4 is 10.5 Å². The fourth-order valence-corrected chi connectivity index (χ4v) is 5.22. The van der Waals surface area contributed by atoms with E-state index < -0.39 is 5.97 Å². The third-order valence-corrected chi connectivity index (χ3v) is 7.14. The van der Waals surface area contributed by atoms with Crippen molar-refractivity contribution in [3.63, 3.8) is 0 Å². The smallest absolute Gasteiger partial charge is 0.338 e. The van der Waals surface area contributed by atoms with Gasteiger partial charge in [0.15, 0.2) is 12.4 Å². The molecular formula is C28H29N3O4. The Kier molecular flexibility index (Phi) is 5.79. The Hall–Kier alpha value is -3.74.